The van der Waals surface area contributed by atoms with Gasteiger partial charge in [-0.15, -0.1) is 0 Å². The van der Waals surface area contributed by atoms with Gasteiger partial charge in [0.15, 0.2) is 0 Å². The van der Waals surface area contributed by atoms with E-state index in [1.807, 2.05) is 13.8 Å². The lowest BCUT2D eigenvalue weighted by Gasteiger charge is -2.26. The third-order valence-corrected chi connectivity index (χ3v) is 3.51. The summed E-state index contributed by atoms with van der Waals surface area (Å²) in [5, 5.41) is 12.8. The number of hydrogen-bond donors (Lipinski definition) is 3. The molecule has 0 aliphatic carbocycles. The minimum Gasteiger partial charge on any atom is -0.396 e. The molecule has 1 rings (SSSR count). The van der Waals surface area contributed by atoms with Crippen LogP contribution < -0.4 is 11.1 Å². The molecule has 0 radical (unpaired) electrons. The summed E-state index contributed by atoms with van der Waals surface area (Å²) in [5.74, 6) is -0.255. The van der Waals surface area contributed by atoms with Crippen LogP contribution in [0.3, 0.4) is 0 Å². The summed E-state index contributed by atoms with van der Waals surface area (Å²) in [6.45, 7) is 4.37. The minimum atomic E-state index is -0.365. The van der Waals surface area contributed by atoms with Gasteiger partial charge in [-0.25, -0.2) is 4.39 Å². The quantitative estimate of drug-likeness (QED) is 0.744. The van der Waals surface area contributed by atoms with Crippen LogP contribution in [0.2, 0.25) is 5.02 Å². The average Bonchev–Trinajstić information content (AvgIpc) is 2.35. The number of aliphatic hydroxyl groups excluding tert-OH is 1. The first-order valence-electron chi connectivity index (χ1n) is 6.01. The maximum Gasteiger partial charge on any atom is 0.124 e. The van der Waals surface area contributed by atoms with Crippen LogP contribution >= 0.6 is 11.6 Å². The van der Waals surface area contributed by atoms with E-state index in [0.717, 1.165) is 5.56 Å². The summed E-state index contributed by atoms with van der Waals surface area (Å²) in [4.78, 5) is 0. The van der Waals surface area contributed by atoms with Crippen molar-refractivity contribution in [3.05, 3.63) is 34.6 Å². The minimum absolute atomic E-state index is 0.0877. The van der Waals surface area contributed by atoms with Crippen LogP contribution in [-0.2, 0) is 0 Å². The van der Waals surface area contributed by atoms with Crippen molar-refractivity contribution in [3.8, 4) is 0 Å². The highest BCUT2D eigenvalue weighted by Crippen LogP contribution is 2.24. The van der Waals surface area contributed by atoms with Gasteiger partial charge in [-0.3, -0.25) is 0 Å². The Morgan fingerprint density at radius 1 is 1.44 bits per heavy atom. The zero-order valence-corrected chi connectivity index (χ0v) is 11.4. The molecule has 0 aromatic heterocycles. The van der Waals surface area contributed by atoms with Gasteiger partial charge in [0.1, 0.15) is 5.82 Å². The van der Waals surface area contributed by atoms with E-state index >= 15 is 0 Å². The number of halogens is 2. The Bertz CT molecular complexity index is 389. The molecule has 1 aromatic rings. The molecule has 3 unspecified atom stereocenters. The van der Waals surface area contributed by atoms with Gasteiger partial charge in [-0.05, 0) is 30.5 Å². The van der Waals surface area contributed by atoms with E-state index in [9.17, 15) is 4.39 Å². The van der Waals surface area contributed by atoms with Crippen molar-refractivity contribution in [2.24, 2.45) is 11.7 Å². The van der Waals surface area contributed by atoms with E-state index in [1.54, 1.807) is 6.07 Å². The van der Waals surface area contributed by atoms with E-state index in [4.69, 9.17) is 22.4 Å². The molecule has 0 amide bonds. The number of benzene rings is 1. The van der Waals surface area contributed by atoms with Gasteiger partial charge in [0.05, 0.1) is 0 Å². The Kier molecular flexibility index (Phi) is 6.02. The molecule has 102 valence electrons. The Hall–Kier alpha value is -0.680. The van der Waals surface area contributed by atoms with Crippen LogP contribution in [0.4, 0.5) is 4.39 Å². The zero-order chi connectivity index (χ0) is 13.7. The number of aliphatic hydroxyl groups is 1. The summed E-state index contributed by atoms with van der Waals surface area (Å²) in [6.07, 6.45) is 0. The molecule has 0 heterocycles. The van der Waals surface area contributed by atoms with E-state index in [1.165, 1.54) is 12.1 Å². The highest BCUT2D eigenvalue weighted by Gasteiger charge is 2.19. The molecule has 0 aliphatic rings. The number of rotatable bonds is 6. The highest BCUT2D eigenvalue weighted by atomic mass is 35.5. The maximum absolute atomic E-state index is 13.0. The van der Waals surface area contributed by atoms with Crippen molar-refractivity contribution in [2.75, 3.05) is 13.2 Å². The summed E-state index contributed by atoms with van der Waals surface area (Å²) >= 11 is 6.01. The van der Waals surface area contributed by atoms with E-state index < -0.39 is 0 Å². The Morgan fingerprint density at radius 3 is 2.61 bits per heavy atom. The maximum atomic E-state index is 13.0. The fourth-order valence-electron chi connectivity index (χ4n) is 1.71. The predicted molar refractivity (Wildman–Crippen MR) is 72.1 cm³/mol. The van der Waals surface area contributed by atoms with Crippen molar-refractivity contribution < 1.29 is 9.50 Å². The standard InChI is InChI=1S/C13H20ClFN2O/c1-8(7-18)9(2)17-13(6-16)11-4-3-10(15)5-12(11)14/h3-5,8-9,13,17-18H,6-7,16H2,1-2H3. The molecular weight excluding hydrogens is 255 g/mol. The van der Waals surface area contributed by atoms with Gasteiger partial charge in [-0.1, -0.05) is 24.6 Å². The van der Waals surface area contributed by atoms with Crippen LogP contribution in [0, 0.1) is 11.7 Å². The van der Waals surface area contributed by atoms with Crippen molar-refractivity contribution in [3.63, 3.8) is 0 Å². The van der Waals surface area contributed by atoms with Crippen LogP contribution in [-0.4, -0.2) is 24.3 Å². The van der Waals surface area contributed by atoms with Crippen LogP contribution in [0.25, 0.3) is 0 Å². The molecule has 3 atom stereocenters. The smallest absolute Gasteiger partial charge is 0.124 e. The average molecular weight is 275 g/mol. The zero-order valence-electron chi connectivity index (χ0n) is 10.7. The summed E-state index contributed by atoms with van der Waals surface area (Å²) in [7, 11) is 0. The molecule has 5 heteroatoms. The Labute approximate surface area is 112 Å². The summed E-state index contributed by atoms with van der Waals surface area (Å²) < 4.78 is 13.0. The Balaban J connectivity index is 2.83. The molecule has 1 aromatic carbocycles. The van der Waals surface area contributed by atoms with E-state index in [2.05, 4.69) is 5.32 Å². The lowest BCUT2D eigenvalue weighted by atomic mass is 10.0. The van der Waals surface area contributed by atoms with Crippen molar-refractivity contribution in [2.45, 2.75) is 25.9 Å². The predicted octanol–water partition coefficient (Wildman–Crippen LogP) is 2.09. The lowest BCUT2D eigenvalue weighted by molar-refractivity contribution is 0.201. The molecule has 18 heavy (non-hydrogen) atoms. The van der Waals surface area contributed by atoms with Crippen LogP contribution in [0.5, 0.6) is 0 Å². The first-order valence-corrected chi connectivity index (χ1v) is 6.39. The number of nitrogens with one attached hydrogen (secondary N) is 1. The molecule has 0 aliphatic heterocycles. The van der Waals surface area contributed by atoms with Crippen molar-refractivity contribution in [1.82, 2.24) is 5.32 Å². The van der Waals surface area contributed by atoms with Gasteiger partial charge in [0.25, 0.3) is 0 Å². The number of nitrogens with two attached hydrogens (primary N) is 1. The second kappa shape index (κ2) is 7.04. The van der Waals surface area contributed by atoms with E-state index in [0.29, 0.717) is 11.6 Å². The summed E-state index contributed by atoms with van der Waals surface area (Å²) in [5.41, 5.74) is 6.50. The molecule has 3 nitrogen and oxygen atoms in total. The van der Waals surface area contributed by atoms with E-state index in [-0.39, 0.29) is 30.4 Å². The SMILES string of the molecule is CC(CO)C(C)NC(CN)c1ccc(F)cc1Cl. The molecule has 4 N–H and O–H groups in total. The molecule has 0 spiro atoms. The normalized spacial score (nSPS) is 16.3. The van der Waals surface area contributed by atoms with Gasteiger partial charge >= 0.3 is 0 Å². The summed E-state index contributed by atoms with van der Waals surface area (Å²) in [6, 6.07) is 4.22. The molecule has 0 saturated heterocycles. The largest absolute Gasteiger partial charge is 0.396 e. The van der Waals surface area contributed by atoms with Crippen molar-refractivity contribution >= 4 is 11.6 Å². The highest BCUT2D eigenvalue weighted by molar-refractivity contribution is 6.31. The van der Waals surface area contributed by atoms with Crippen LogP contribution in [0.15, 0.2) is 18.2 Å². The second-order valence-electron chi connectivity index (χ2n) is 4.57. The topological polar surface area (TPSA) is 58.3 Å². The fraction of sp³-hybridized carbons (Fsp3) is 0.538. The number of hydrogen-bond acceptors (Lipinski definition) is 3. The first kappa shape index (κ1) is 15.4. The van der Waals surface area contributed by atoms with Gasteiger partial charge in [0, 0.05) is 30.3 Å². The second-order valence-corrected chi connectivity index (χ2v) is 4.98. The fourth-order valence-corrected chi connectivity index (χ4v) is 2.01. The molecule has 0 fully saturated rings. The van der Waals surface area contributed by atoms with Gasteiger partial charge in [0.2, 0.25) is 0 Å². The monoisotopic (exact) mass is 274 g/mol. The van der Waals surface area contributed by atoms with Crippen molar-refractivity contribution in [1.29, 1.82) is 0 Å². The first-order chi connectivity index (χ1) is 8.49. The molecule has 0 bridgehead atoms. The third-order valence-electron chi connectivity index (χ3n) is 3.18. The molecular formula is C13H20ClFN2O. The van der Waals surface area contributed by atoms with Gasteiger partial charge < -0.3 is 16.2 Å². The third kappa shape index (κ3) is 3.92. The van der Waals surface area contributed by atoms with Crippen LogP contribution in [0.1, 0.15) is 25.5 Å². The molecule has 0 saturated carbocycles. The lowest BCUT2D eigenvalue weighted by Crippen LogP contribution is -2.39. The van der Waals surface area contributed by atoms with Gasteiger partial charge in [-0.2, -0.15) is 0 Å². The Morgan fingerprint density at radius 2 is 2.11 bits per heavy atom.